The number of aromatic nitrogens is 4. The summed E-state index contributed by atoms with van der Waals surface area (Å²) in [6.07, 6.45) is 1.18. The molecule has 12 nitrogen and oxygen atoms in total. The predicted molar refractivity (Wildman–Crippen MR) is 115 cm³/mol. The molecule has 162 valence electrons. The smallest absolute Gasteiger partial charge is 0.314 e. The number of amides is 1. The molecule has 32 heavy (non-hydrogen) atoms. The molecule has 0 bridgehead atoms. The molecule has 4 rings (SSSR count). The number of carbonyl (C=O) groups excluding carboxylic acids is 1. The Morgan fingerprint density at radius 2 is 2.09 bits per heavy atom. The molecule has 2 aromatic carbocycles. The SMILES string of the molecule is Nc1nonc1-c1[nH]c2ccccc2[n+]1CC(=O)NN=Cc1cc([N+](=O)[O-])c(Cl)cc1Cl. The Morgan fingerprint density at radius 1 is 1.31 bits per heavy atom. The van der Waals surface area contributed by atoms with Crippen molar-refractivity contribution in [3.05, 3.63) is 62.1 Å². The minimum Gasteiger partial charge on any atom is -0.379 e. The van der Waals surface area contributed by atoms with E-state index < -0.39 is 10.8 Å². The second kappa shape index (κ2) is 8.61. The second-order valence-corrected chi connectivity index (χ2v) is 7.26. The number of hydrazone groups is 1. The van der Waals surface area contributed by atoms with Crippen LogP contribution in [0.15, 0.2) is 46.1 Å². The average molecular weight is 476 g/mol. The summed E-state index contributed by atoms with van der Waals surface area (Å²) >= 11 is 11.8. The standard InChI is InChI=1S/C18H12Cl2N8O4/c19-10-6-11(20)14(28(30)31)5-9(10)7-22-24-15(29)8-27-13-4-2-1-3-12(13)23-18(27)16-17(21)26-32-25-16/h1-7H,8H2,(H3,21,24,26,29)/p+1. The van der Waals surface area contributed by atoms with Gasteiger partial charge >= 0.3 is 5.82 Å². The summed E-state index contributed by atoms with van der Waals surface area (Å²) in [6, 6.07) is 9.66. The van der Waals surface area contributed by atoms with Gasteiger partial charge in [0, 0.05) is 11.6 Å². The largest absolute Gasteiger partial charge is 0.379 e. The van der Waals surface area contributed by atoms with Crippen LogP contribution in [0.5, 0.6) is 0 Å². The minimum absolute atomic E-state index is 0.0581. The van der Waals surface area contributed by atoms with Crippen molar-refractivity contribution in [3.8, 4) is 11.5 Å². The number of nitro groups is 1. The van der Waals surface area contributed by atoms with Crippen LogP contribution in [0.25, 0.3) is 22.6 Å². The van der Waals surface area contributed by atoms with E-state index in [-0.39, 0.29) is 39.4 Å². The van der Waals surface area contributed by atoms with Gasteiger partial charge in [-0.25, -0.2) is 19.6 Å². The third kappa shape index (κ3) is 4.08. The number of halogens is 2. The number of anilines is 1. The van der Waals surface area contributed by atoms with Crippen molar-refractivity contribution >= 4 is 57.9 Å². The fourth-order valence-electron chi connectivity index (χ4n) is 2.99. The van der Waals surface area contributed by atoms with Crippen LogP contribution in [0.4, 0.5) is 11.5 Å². The van der Waals surface area contributed by atoms with Crippen molar-refractivity contribution in [1.82, 2.24) is 20.7 Å². The molecule has 0 unspecified atom stereocenters. The molecule has 2 aromatic heterocycles. The minimum atomic E-state index is -0.645. The summed E-state index contributed by atoms with van der Waals surface area (Å²) in [6.45, 7) is -0.155. The Bertz CT molecular complexity index is 1380. The maximum atomic E-state index is 12.6. The Labute approximate surface area is 188 Å². The van der Waals surface area contributed by atoms with Crippen molar-refractivity contribution in [1.29, 1.82) is 0 Å². The van der Waals surface area contributed by atoms with Crippen LogP contribution in [0.1, 0.15) is 5.56 Å². The molecule has 2 heterocycles. The van der Waals surface area contributed by atoms with E-state index >= 15 is 0 Å². The Balaban J connectivity index is 1.58. The van der Waals surface area contributed by atoms with Crippen molar-refractivity contribution in [3.63, 3.8) is 0 Å². The number of carbonyl (C=O) groups is 1. The summed E-state index contributed by atoms with van der Waals surface area (Å²) in [5.74, 6) is -0.0185. The number of aromatic amines is 1. The van der Waals surface area contributed by atoms with E-state index in [1.807, 2.05) is 24.3 Å². The summed E-state index contributed by atoms with van der Waals surface area (Å²) in [7, 11) is 0. The van der Waals surface area contributed by atoms with Crippen LogP contribution >= 0.6 is 23.2 Å². The third-order valence-electron chi connectivity index (χ3n) is 4.41. The molecule has 0 atom stereocenters. The molecule has 4 aromatic rings. The van der Waals surface area contributed by atoms with Gasteiger partial charge in [0.15, 0.2) is 17.6 Å². The van der Waals surface area contributed by atoms with E-state index in [1.165, 1.54) is 12.3 Å². The van der Waals surface area contributed by atoms with E-state index in [4.69, 9.17) is 28.9 Å². The van der Waals surface area contributed by atoms with Gasteiger partial charge in [-0.3, -0.25) is 14.9 Å². The lowest BCUT2D eigenvalue weighted by Crippen LogP contribution is -2.42. The first-order valence-corrected chi connectivity index (χ1v) is 9.65. The van der Waals surface area contributed by atoms with E-state index in [0.29, 0.717) is 11.3 Å². The first kappa shape index (κ1) is 21.2. The molecule has 0 aliphatic rings. The fourth-order valence-corrected chi connectivity index (χ4v) is 3.49. The van der Waals surface area contributed by atoms with E-state index in [0.717, 1.165) is 11.6 Å². The highest BCUT2D eigenvalue weighted by molar-refractivity contribution is 6.37. The fraction of sp³-hybridized carbons (Fsp3) is 0.0556. The van der Waals surface area contributed by atoms with Gasteiger partial charge in [-0.05, 0) is 28.5 Å². The molecule has 0 aliphatic carbocycles. The lowest BCUT2D eigenvalue weighted by molar-refractivity contribution is -0.647. The maximum Gasteiger partial charge on any atom is 0.314 e. The number of nitro benzene ring substituents is 1. The molecule has 0 saturated heterocycles. The molecule has 4 N–H and O–H groups in total. The number of H-pyrrole nitrogens is 1. The molecule has 0 aliphatic heterocycles. The number of imidazole rings is 1. The Kier molecular flexibility index (Phi) is 5.71. The van der Waals surface area contributed by atoms with E-state index in [2.05, 4.69) is 30.5 Å². The molecule has 0 fully saturated rings. The van der Waals surface area contributed by atoms with Crippen LogP contribution in [-0.2, 0) is 11.3 Å². The number of hydrogen-bond acceptors (Lipinski definition) is 8. The number of fused-ring (bicyclic) bond motifs is 1. The van der Waals surface area contributed by atoms with Crippen LogP contribution in [0.3, 0.4) is 0 Å². The summed E-state index contributed by atoms with van der Waals surface area (Å²) < 4.78 is 6.30. The molecule has 14 heteroatoms. The molecule has 0 radical (unpaired) electrons. The number of hydrogen-bond donors (Lipinski definition) is 3. The number of benzene rings is 2. The van der Waals surface area contributed by atoms with Gasteiger partial charge < -0.3 is 5.73 Å². The molecule has 1 amide bonds. The monoisotopic (exact) mass is 475 g/mol. The zero-order valence-corrected chi connectivity index (χ0v) is 17.5. The van der Waals surface area contributed by atoms with E-state index in [9.17, 15) is 14.9 Å². The summed E-state index contributed by atoms with van der Waals surface area (Å²) in [4.78, 5) is 26.1. The molecule has 0 saturated carbocycles. The van der Waals surface area contributed by atoms with E-state index in [1.54, 1.807) is 4.57 Å². The van der Waals surface area contributed by atoms with Crippen LogP contribution in [-0.4, -0.2) is 32.3 Å². The van der Waals surface area contributed by atoms with Gasteiger partial charge in [0.2, 0.25) is 11.5 Å². The summed E-state index contributed by atoms with van der Waals surface area (Å²) in [5.41, 5.74) is 9.73. The zero-order chi connectivity index (χ0) is 22.8. The van der Waals surface area contributed by atoms with Crippen LogP contribution in [0.2, 0.25) is 10.0 Å². The highest BCUT2D eigenvalue weighted by Gasteiger charge is 2.27. The average Bonchev–Trinajstić information content (AvgIpc) is 3.32. The van der Waals surface area contributed by atoms with Crippen molar-refractivity contribution < 1.29 is 18.9 Å². The number of para-hydroxylation sites is 2. The van der Waals surface area contributed by atoms with Gasteiger partial charge in [-0.1, -0.05) is 35.3 Å². The Hall–Kier alpha value is -4.03. The number of nitrogens with one attached hydrogen (secondary N) is 2. The number of rotatable bonds is 6. The molecular formula is C18H13Cl2N8O4+. The highest BCUT2D eigenvalue weighted by Crippen LogP contribution is 2.29. The van der Waals surface area contributed by atoms with Gasteiger partial charge in [-0.2, -0.15) is 5.10 Å². The lowest BCUT2D eigenvalue weighted by Gasteiger charge is -2.02. The van der Waals surface area contributed by atoms with Crippen LogP contribution < -0.4 is 15.7 Å². The topological polar surface area (TPSA) is 169 Å². The van der Waals surface area contributed by atoms with Gasteiger partial charge in [-0.15, -0.1) is 0 Å². The van der Waals surface area contributed by atoms with Gasteiger partial charge in [0.1, 0.15) is 5.02 Å². The van der Waals surface area contributed by atoms with Gasteiger partial charge in [0.25, 0.3) is 11.6 Å². The molecule has 0 spiro atoms. The van der Waals surface area contributed by atoms with Crippen molar-refractivity contribution in [2.75, 3.05) is 5.73 Å². The quantitative estimate of drug-likeness (QED) is 0.166. The zero-order valence-electron chi connectivity index (χ0n) is 16.0. The van der Waals surface area contributed by atoms with Gasteiger partial charge in [0.05, 0.1) is 16.2 Å². The lowest BCUT2D eigenvalue weighted by atomic mass is 10.2. The highest BCUT2D eigenvalue weighted by atomic mass is 35.5. The molecular weight excluding hydrogens is 463 g/mol. The number of nitrogens with two attached hydrogens (primary N) is 1. The Morgan fingerprint density at radius 3 is 2.81 bits per heavy atom. The van der Waals surface area contributed by atoms with Crippen LogP contribution in [0, 0.1) is 10.1 Å². The number of nitrogens with zero attached hydrogens (tertiary/aromatic N) is 5. The maximum absolute atomic E-state index is 12.6. The van der Waals surface area contributed by atoms with Crippen molar-refractivity contribution in [2.45, 2.75) is 6.54 Å². The normalized spacial score (nSPS) is 11.3. The second-order valence-electron chi connectivity index (χ2n) is 6.45. The first-order valence-electron chi connectivity index (χ1n) is 8.89. The number of nitrogen functional groups attached to an aromatic ring is 1. The van der Waals surface area contributed by atoms with Crippen molar-refractivity contribution in [2.24, 2.45) is 5.10 Å². The third-order valence-corrected chi connectivity index (χ3v) is 5.04. The first-order chi connectivity index (χ1) is 15.3. The predicted octanol–water partition coefficient (Wildman–Crippen LogP) is 2.45. The summed E-state index contributed by atoms with van der Waals surface area (Å²) in [5, 5.41) is 22.3.